The monoisotopic (exact) mass is 247 g/mol. The van der Waals surface area contributed by atoms with Gasteiger partial charge in [-0.25, -0.2) is 4.79 Å². The van der Waals surface area contributed by atoms with Crippen molar-refractivity contribution >= 4 is 6.09 Å². The van der Waals surface area contributed by atoms with Crippen LogP contribution in [0.4, 0.5) is 4.79 Å². The summed E-state index contributed by atoms with van der Waals surface area (Å²) < 4.78 is 0. The zero-order valence-electron chi connectivity index (χ0n) is 9.08. The highest BCUT2D eigenvalue weighted by atomic mass is 16.4. The SMILES string of the molecule is O=C(O)NCC(C#Cc1cn[nH]n1)c1cn[nH]n1. The van der Waals surface area contributed by atoms with Gasteiger partial charge in [0.15, 0.2) is 5.69 Å². The summed E-state index contributed by atoms with van der Waals surface area (Å²) in [4.78, 5) is 10.5. The number of nitrogens with one attached hydrogen (secondary N) is 3. The first kappa shape index (κ1) is 11.6. The van der Waals surface area contributed by atoms with E-state index in [1.807, 2.05) is 0 Å². The van der Waals surface area contributed by atoms with Crippen LogP contribution in [0.1, 0.15) is 17.3 Å². The third-order valence-corrected chi connectivity index (χ3v) is 2.04. The van der Waals surface area contributed by atoms with Crippen LogP contribution in [0.5, 0.6) is 0 Å². The van der Waals surface area contributed by atoms with Gasteiger partial charge in [-0.2, -0.15) is 25.7 Å². The molecule has 0 aliphatic heterocycles. The molecule has 0 saturated heterocycles. The molecule has 0 fully saturated rings. The quantitative estimate of drug-likeness (QED) is 0.531. The molecule has 9 nitrogen and oxygen atoms in total. The highest BCUT2D eigenvalue weighted by Gasteiger charge is 2.12. The molecule has 1 amide bonds. The predicted molar refractivity (Wildman–Crippen MR) is 58.4 cm³/mol. The fraction of sp³-hybridized carbons (Fsp3) is 0.222. The van der Waals surface area contributed by atoms with Crippen LogP contribution in [0.15, 0.2) is 12.4 Å². The van der Waals surface area contributed by atoms with Crippen LogP contribution in [0, 0.1) is 11.8 Å². The van der Waals surface area contributed by atoms with E-state index >= 15 is 0 Å². The van der Waals surface area contributed by atoms with Gasteiger partial charge in [-0.3, -0.25) is 0 Å². The maximum Gasteiger partial charge on any atom is 0.404 e. The Morgan fingerprint density at radius 1 is 1.39 bits per heavy atom. The summed E-state index contributed by atoms with van der Waals surface area (Å²) >= 11 is 0. The molecule has 92 valence electrons. The van der Waals surface area contributed by atoms with Gasteiger partial charge in [-0.1, -0.05) is 5.92 Å². The molecule has 1 atom stereocenters. The molecule has 18 heavy (non-hydrogen) atoms. The van der Waals surface area contributed by atoms with Crippen molar-refractivity contribution in [2.45, 2.75) is 5.92 Å². The molecular weight excluding hydrogens is 238 g/mol. The maximum absolute atomic E-state index is 10.5. The van der Waals surface area contributed by atoms with Crippen LogP contribution in [0.2, 0.25) is 0 Å². The summed E-state index contributed by atoms with van der Waals surface area (Å²) in [6.45, 7) is 0.118. The van der Waals surface area contributed by atoms with Crippen molar-refractivity contribution in [3.05, 3.63) is 23.8 Å². The molecule has 0 aromatic carbocycles. The lowest BCUT2D eigenvalue weighted by molar-refractivity contribution is 0.194. The van der Waals surface area contributed by atoms with Gasteiger partial charge in [0.1, 0.15) is 0 Å². The average Bonchev–Trinajstić information content (AvgIpc) is 3.01. The minimum absolute atomic E-state index is 0.118. The molecule has 0 aliphatic rings. The molecule has 2 aromatic heterocycles. The van der Waals surface area contributed by atoms with Crippen molar-refractivity contribution in [3.63, 3.8) is 0 Å². The first-order valence-electron chi connectivity index (χ1n) is 4.95. The molecule has 2 heterocycles. The van der Waals surface area contributed by atoms with Gasteiger partial charge in [0.05, 0.1) is 24.0 Å². The van der Waals surface area contributed by atoms with Gasteiger partial charge in [-0.15, -0.1) is 5.10 Å². The minimum Gasteiger partial charge on any atom is -0.465 e. The van der Waals surface area contributed by atoms with Crippen LogP contribution >= 0.6 is 0 Å². The Balaban J connectivity index is 2.12. The third kappa shape index (κ3) is 3.05. The molecule has 0 spiro atoms. The Labute approximate surface area is 101 Å². The molecule has 4 N–H and O–H groups in total. The highest BCUT2D eigenvalue weighted by molar-refractivity contribution is 5.64. The van der Waals surface area contributed by atoms with E-state index in [1.165, 1.54) is 12.4 Å². The van der Waals surface area contributed by atoms with Crippen molar-refractivity contribution < 1.29 is 9.90 Å². The standard InChI is InChI=1S/C9H9N7O2/c17-9(18)10-3-6(8-5-12-16-14-8)1-2-7-4-11-15-13-7/h4-6,10H,3H2,(H,17,18)(H,11,13,15)(H,12,14,16). The Hall–Kier alpha value is -2.89. The lowest BCUT2D eigenvalue weighted by Gasteiger charge is -2.06. The normalized spacial score (nSPS) is 11.3. The number of nitrogens with zero attached hydrogens (tertiary/aromatic N) is 4. The number of hydrogen-bond donors (Lipinski definition) is 4. The lowest BCUT2D eigenvalue weighted by Crippen LogP contribution is -2.26. The molecule has 1 unspecified atom stereocenters. The molecule has 0 radical (unpaired) electrons. The highest BCUT2D eigenvalue weighted by Crippen LogP contribution is 2.09. The van der Waals surface area contributed by atoms with Gasteiger partial charge in [0.25, 0.3) is 0 Å². The second-order valence-electron chi connectivity index (χ2n) is 3.26. The number of aromatic nitrogens is 6. The van der Waals surface area contributed by atoms with Crippen molar-refractivity contribution in [2.24, 2.45) is 0 Å². The van der Waals surface area contributed by atoms with Crippen molar-refractivity contribution in [3.8, 4) is 11.8 Å². The van der Waals surface area contributed by atoms with E-state index in [0.29, 0.717) is 11.4 Å². The number of rotatable bonds is 3. The van der Waals surface area contributed by atoms with Crippen LogP contribution in [-0.2, 0) is 0 Å². The fourth-order valence-electron chi connectivity index (χ4n) is 1.22. The second kappa shape index (κ2) is 5.44. The Bertz CT molecular complexity index is 552. The molecule has 2 rings (SSSR count). The van der Waals surface area contributed by atoms with E-state index in [-0.39, 0.29) is 6.54 Å². The molecule has 0 bridgehead atoms. The molecule has 0 aliphatic carbocycles. The van der Waals surface area contributed by atoms with Gasteiger partial charge in [0.2, 0.25) is 0 Å². The van der Waals surface area contributed by atoms with Gasteiger partial charge < -0.3 is 10.4 Å². The second-order valence-corrected chi connectivity index (χ2v) is 3.26. The number of aromatic amines is 2. The molecular formula is C9H9N7O2. The zero-order chi connectivity index (χ0) is 12.8. The average molecular weight is 247 g/mol. The minimum atomic E-state index is -1.12. The largest absolute Gasteiger partial charge is 0.465 e. The van der Waals surface area contributed by atoms with Crippen molar-refractivity contribution in [1.29, 1.82) is 0 Å². The first-order chi connectivity index (χ1) is 8.75. The summed E-state index contributed by atoms with van der Waals surface area (Å²) in [5, 5.41) is 30.7. The number of amides is 1. The molecule has 2 aromatic rings. The van der Waals surface area contributed by atoms with E-state index in [1.54, 1.807) is 0 Å². The van der Waals surface area contributed by atoms with Gasteiger partial charge in [0, 0.05) is 6.54 Å². The summed E-state index contributed by atoms with van der Waals surface area (Å²) in [6.07, 6.45) is 1.84. The van der Waals surface area contributed by atoms with Crippen LogP contribution in [-0.4, -0.2) is 48.6 Å². The summed E-state index contributed by atoms with van der Waals surface area (Å²) in [6, 6.07) is 0. The number of H-pyrrole nitrogens is 2. The molecule has 0 saturated carbocycles. The van der Waals surface area contributed by atoms with Gasteiger partial charge >= 0.3 is 6.09 Å². The third-order valence-electron chi connectivity index (χ3n) is 2.04. The van der Waals surface area contributed by atoms with E-state index in [9.17, 15) is 4.79 Å². The predicted octanol–water partition coefficient (Wildman–Crippen LogP) is -0.674. The van der Waals surface area contributed by atoms with E-state index in [2.05, 4.69) is 48.0 Å². The molecule has 9 heteroatoms. The van der Waals surface area contributed by atoms with E-state index in [0.717, 1.165) is 0 Å². The number of hydrogen-bond acceptors (Lipinski definition) is 5. The van der Waals surface area contributed by atoms with Gasteiger partial charge in [-0.05, 0) is 5.92 Å². The first-order valence-corrected chi connectivity index (χ1v) is 4.95. The summed E-state index contributed by atoms with van der Waals surface area (Å²) in [7, 11) is 0. The number of carboxylic acid groups (broad SMARTS) is 1. The topological polar surface area (TPSA) is 132 Å². The van der Waals surface area contributed by atoms with Crippen LogP contribution in [0.25, 0.3) is 0 Å². The van der Waals surface area contributed by atoms with Crippen LogP contribution < -0.4 is 5.32 Å². The Morgan fingerprint density at radius 2 is 2.17 bits per heavy atom. The summed E-state index contributed by atoms with van der Waals surface area (Å²) in [5.74, 6) is 5.22. The lowest BCUT2D eigenvalue weighted by atomic mass is 10.1. The zero-order valence-corrected chi connectivity index (χ0v) is 9.08. The van der Waals surface area contributed by atoms with E-state index < -0.39 is 12.0 Å². The Kier molecular flexibility index (Phi) is 3.50. The number of carbonyl (C=O) groups is 1. The smallest absolute Gasteiger partial charge is 0.404 e. The summed E-state index contributed by atoms with van der Waals surface area (Å²) in [5.41, 5.74) is 1.03. The van der Waals surface area contributed by atoms with Crippen molar-refractivity contribution in [1.82, 2.24) is 36.1 Å². The van der Waals surface area contributed by atoms with Crippen LogP contribution in [0.3, 0.4) is 0 Å². The van der Waals surface area contributed by atoms with E-state index in [4.69, 9.17) is 5.11 Å². The van der Waals surface area contributed by atoms with Crippen molar-refractivity contribution in [2.75, 3.05) is 6.54 Å². The maximum atomic E-state index is 10.5. The fourth-order valence-corrected chi connectivity index (χ4v) is 1.22. The Morgan fingerprint density at radius 3 is 2.78 bits per heavy atom.